The van der Waals surface area contributed by atoms with Gasteiger partial charge in [-0.3, -0.25) is 0 Å². The van der Waals surface area contributed by atoms with E-state index in [4.69, 9.17) is 0 Å². The maximum Gasteiger partial charge on any atom is 0.165 e. The first-order valence-electron chi connectivity index (χ1n) is 3.86. The van der Waals surface area contributed by atoms with Gasteiger partial charge in [0.05, 0.1) is 5.36 Å². The van der Waals surface area contributed by atoms with Crippen LogP contribution in [-0.4, -0.2) is 11.3 Å². The molecule has 1 N–H and O–H groups in total. The van der Waals surface area contributed by atoms with Gasteiger partial charge < -0.3 is 5.11 Å². The fourth-order valence-corrected chi connectivity index (χ4v) is 1.19. The van der Waals surface area contributed by atoms with E-state index in [1.807, 2.05) is 36.4 Å². The van der Waals surface area contributed by atoms with Gasteiger partial charge in [0.2, 0.25) is 0 Å². The van der Waals surface area contributed by atoms with E-state index in [1.54, 1.807) is 6.08 Å². The van der Waals surface area contributed by atoms with Crippen molar-refractivity contribution in [1.29, 1.82) is 0 Å². The van der Waals surface area contributed by atoms with Crippen molar-refractivity contribution in [3.8, 4) is 0 Å². The van der Waals surface area contributed by atoms with Crippen molar-refractivity contribution in [3.05, 3.63) is 47.0 Å². The second kappa shape index (κ2) is 4.21. The van der Waals surface area contributed by atoms with Crippen LogP contribution >= 0.6 is 12.4 Å². The van der Waals surface area contributed by atoms with Crippen molar-refractivity contribution in [2.75, 3.05) is 0 Å². The lowest BCUT2D eigenvalue weighted by Crippen LogP contribution is -2.24. The van der Waals surface area contributed by atoms with Gasteiger partial charge in [-0.15, -0.1) is 12.4 Å². The SMILES string of the molecule is Cl.OC1C=CC=c2ccccc2=N1. The van der Waals surface area contributed by atoms with Gasteiger partial charge in [0.25, 0.3) is 0 Å². The van der Waals surface area contributed by atoms with Crippen molar-refractivity contribution < 1.29 is 5.11 Å². The molecule has 0 aliphatic carbocycles. The first-order chi connectivity index (χ1) is 5.86. The lowest BCUT2D eigenvalue weighted by molar-refractivity contribution is 0.229. The molecule has 1 atom stereocenters. The third-order valence-corrected chi connectivity index (χ3v) is 1.77. The van der Waals surface area contributed by atoms with E-state index in [0.29, 0.717) is 0 Å². The third kappa shape index (κ3) is 2.17. The van der Waals surface area contributed by atoms with Gasteiger partial charge in [0.15, 0.2) is 6.23 Å². The van der Waals surface area contributed by atoms with E-state index < -0.39 is 6.23 Å². The molecule has 0 radical (unpaired) electrons. The van der Waals surface area contributed by atoms with Crippen molar-refractivity contribution in [2.24, 2.45) is 4.99 Å². The summed E-state index contributed by atoms with van der Waals surface area (Å²) in [5.41, 5.74) is 0. The molecule has 68 valence electrons. The van der Waals surface area contributed by atoms with Gasteiger partial charge in [0, 0.05) is 0 Å². The molecule has 0 aromatic heterocycles. The zero-order valence-corrected chi connectivity index (χ0v) is 7.74. The Hall–Kier alpha value is -1.12. The number of rotatable bonds is 0. The van der Waals surface area contributed by atoms with Gasteiger partial charge in [0.1, 0.15) is 0 Å². The number of halogens is 1. The predicted molar refractivity (Wildman–Crippen MR) is 54.1 cm³/mol. The smallest absolute Gasteiger partial charge is 0.165 e. The average Bonchev–Trinajstić information content (AvgIpc) is 2.25. The van der Waals surface area contributed by atoms with E-state index in [-0.39, 0.29) is 12.4 Å². The Kier molecular flexibility index (Phi) is 3.23. The number of para-hydroxylation sites is 1. The summed E-state index contributed by atoms with van der Waals surface area (Å²) in [6, 6.07) is 7.73. The minimum atomic E-state index is -0.704. The number of benzene rings is 1. The molecule has 0 saturated carbocycles. The summed E-state index contributed by atoms with van der Waals surface area (Å²) in [4.78, 5) is 4.08. The summed E-state index contributed by atoms with van der Waals surface area (Å²) in [5, 5.41) is 11.2. The lowest BCUT2D eigenvalue weighted by Gasteiger charge is -1.93. The highest BCUT2D eigenvalue weighted by atomic mass is 35.5. The van der Waals surface area contributed by atoms with Crippen molar-refractivity contribution in [3.63, 3.8) is 0 Å². The molecule has 1 aromatic rings. The topological polar surface area (TPSA) is 32.6 Å². The average molecular weight is 196 g/mol. The molecule has 2 rings (SSSR count). The molecule has 0 bridgehead atoms. The predicted octanol–water partition coefficient (Wildman–Crippen LogP) is 0.397. The van der Waals surface area contributed by atoms with Crippen LogP contribution in [0.4, 0.5) is 0 Å². The molecule has 1 heterocycles. The molecule has 1 unspecified atom stereocenters. The Balaban J connectivity index is 0.000000845. The van der Waals surface area contributed by atoms with Crippen molar-refractivity contribution in [1.82, 2.24) is 0 Å². The molecule has 2 nitrogen and oxygen atoms in total. The van der Waals surface area contributed by atoms with Crippen molar-refractivity contribution >= 4 is 18.5 Å². The van der Waals surface area contributed by atoms with Crippen LogP contribution in [0.2, 0.25) is 0 Å². The van der Waals surface area contributed by atoms with Crippen LogP contribution in [0.15, 0.2) is 41.4 Å². The molecular weight excluding hydrogens is 186 g/mol. The zero-order valence-electron chi connectivity index (χ0n) is 6.92. The molecule has 1 aliphatic rings. The fraction of sp³-hybridized carbons (Fsp3) is 0.100. The number of hydrogen-bond donors (Lipinski definition) is 1. The van der Waals surface area contributed by atoms with Gasteiger partial charge in [-0.1, -0.05) is 30.4 Å². The number of aliphatic hydroxyl groups excluding tert-OH is 1. The minimum Gasteiger partial charge on any atom is -0.368 e. The second-order valence-corrected chi connectivity index (χ2v) is 2.65. The minimum absolute atomic E-state index is 0. The Morgan fingerprint density at radius 3 is 2.85 bits per heavy atom. The van der Waals surface area contributed by atoms with Gasteiger partial charge >= 0.3 is 0 Å². The first-order valence-corrected chi connectivity index (χ1v) is 3.86. The van der Waals surface area contributed by atoms with Gasteiger partial charge in [-0.25, -0.2) is 4.99 Å². The molecular formula is C10H10ClNO. The number of fused-ring (bicyclic) bond motifs is 1. The summed E-state index contributed by atoms with van der Waals surface area (Å²) in [6.07, 6.45) is 4.71. The summed E-state index contributed by atoms with van der Waals surface area (Å²) >= 11 is 0. The van der Waals surface area contributed by atoms with Crippen LogP contribution in [0, 0.1) is 0 Å². The molecule has 0 saturated heterocycles. The Bertz CT molecular complexity index is 425. The maximum atomic E-state index is 9.26. The third-order valence-electron chi connectivity index (χ3n) is 1.77. The fourth-order valence-electron chi connectivity index (χ4n) is 1.19. The monoisotopic (exact) mass is 195 g/mol. The quantitative estimate of drug-likeness (QED) is 0.639. The zero-order chi connectivity index (χ0) is 8.39. The number of hydrogen-bond acceptors (Lipinski definition) is 2. The molecule has 13 heavy (non-hydrogen) atoms. The summed E-state index contributed by atoms with van der Waals surface area (Å²) in [6.45, 7) is 0. The van der Waals surface area contributed by atoms with Crippen LogP contribution in [0.25, 0.3) is 6.08 Å². The number of aliphatic hydroxyl groups is 1. The summed E-state index contributed by atoms with van der Waals surface area (Å²) in [7, 11) is 0. The Labute approximate surface area is 82.3 Å². The summed E-state index contributed by atoms with van der Waals surface area (Å²) < 4.78 is 0. The van der Waals surface area contributed by atoms with E-state index in [0.717, 1.165) is 10.6 Å². The van der Waals surface area contributed by atoms with Crippen molar-refractivity contribution in [2.45, 2.75) is 6.23 Å². The van der Waals surface area contributed by atoms with E-state index >= 15 is 0 Å². The van der Waals surface area contributed by atoms with E-state index in [1.165, 1.54) is 0 Å². The largest absolute Gasteiger partial charge is 0.368 e. The molecule has 3 heteroatoms. The number of nitrogens with zero attached hydrogens (tertiary/aromatic N) is 1. The van der Waals surface area contributed by atoms with E-state index in [2.05, 4.69) is 4.99 Å². The highest BCUT2D eigenvalue weighted by molar-refractivity contribution is 5.85. The van der Waals surface area contributed by atoms with Crippen LogP contribution in [0.5, 0.6) is 0 Å². The Morgan fingerprint density at radius 1 is 1.23 bits per heavy atom. The lowest BCUT2D eigenvalue weighted by atomic mass is 10.3. The summed E-state index contributed by atoms with van der Waals surface area (Å²) in [5.74, 6) is 0. The molecule has 1 aliphatic heterocycles. The van der Waals surface area contributed by atoms with Crippen LogP contribution < -0.4 is 10.6 Å². The van der Waals surface area contributed by atoms with Crippen LogP contribution in [-0.2, 0) is 0 Å². The molecule has 0 fully saturated rings. The molecule has 0 spiro atoms. The highest BCUT2D eigenvalue weighted by Gasteiger charge is 1.95. The second-order valence-electron chi connectivity index (χ2n) is 2.65. The Morgan fingerprint density at radius 2 is 2.00 bits per heavy atom. The number of allylic oxidation sites excluding steroid dienone is 1. The normalized spacial score (nSPS) is 18.7. The highest BCUT2D eigenvalue weighted by Crippen LogP contribution is 1.89. The van der Waals surface area contributed by atoms with Gasteiger partial charge in [-0.05, 0) is 17.4 Å². The van der Waals surface area contributed by atoms with Gasteiger partial charge in [-0.2, -0.15) is 0 Å². The standard InChI is InChI=1S/C10H9NO.ClH/c12-10-7-3-5-8-4-1-2-6-9(8)11-10;/h1-7,10,12H;1H. The molecule has 0 amide bonds. The van der Waals surface area contributed by atoms with E-state index in [9.17, 15) is 5.11 Å². The van der Waals surface area contributed by atoms with Crippen LogP contribution in [0.3, 0.4) is 0 Å². The maximum absolute atomic E-state index is 9.26. The first kappa shape index (κ1) is 9.96. The molecule has 1 aromatic carbocycles. The van der Waals surface area contributed by atoms with Crippen LogP contribution in [0.1, 0.15) is 0 Å².